The van der Waals surface area contributed by atoms with Gasteiger partial charge < -0.3 is 9.47 Å². The van der Waals surface area contributed by atoms with Crippen molar-refractivity contribution in [3.63, 3.8) is 0 Å². The number of carbonyl (C=O) groups excluding carboxylic acids is 1. The number of para-hydroxylation sites is 1. The van der Waals surface area contributed by atoms with Crippen LogP contribution >= 0.6 is 0 Å². The van der Waals surface area contributed by atoms with Crippen molar-refractivity contribution in [2.75, 3.05) is 13.7 Å². The number of benzene rings is 1. The lowest BCUT2D eigenvalue weighted by Crippen LogP contribution is -2.54. The molecular formula is C20H32O3. The highest BCUT2D eigenvalue weighted by Gasteiger charge is 2.56. The monoisotopic (exact) mass is 320 g/mol. The van der Waals surface area contributed by atoms with Crippen molar-refractivity contribution in [1.82, 2.24) is 0 Å². The number of hydrogen-bond acceptors (Lipinski definition) is 3. The van der Waals surface area contributed by atoms with Gasteiger partial charge in [-0.05, 0) is 31.7 Å². The first-order valence-electron chi connectivity index (χ1n) is 8.48. The minimum absolute atomic E-state index is 0.124. The third-order valence-electron chi connectivity index (χ3n) is 5.75. The molecular weight excluding hydrogens is 288 g/mol. The Kier molecular flexibility index (Phi) is 6.26. The maximum absolute atomic E-state index is 13.0. The number of esters is 1. The van der Waals surface area contributed by atoms with E-state index in [1.54, 1.807) is 7.11 Å². The highest BCUT2D eigenvalue weighted by molar-refractivity contribution is 5.79. The van der Waals surface area contributed by atoms with Gasteiger partial charge in [0.2, 0.25) is 0 Å². The van der Waals surface area contributed by atoms with Crippen LogP contribution in [0, 0.1) is 17.3 Å². The highest BCUT2D eigenvalue weighted by Crippen LogP contribution is 2.54. The van der Waals surface area contributed by atoms with Gasteiger partial charge in [-0.25, -0.2) is 0 Å². The van der Waals surface area contributed by atoms with Crippen LogP contribution in [-0.4, -0.2) is 19.7 Å². The van der Waals surface area contributed by atoms with E-state index in [4.69, 9.17) is 9.47 Å². The predicted molar refractivity (Wildman–Crippen MR) is 94.8 cm³/mol. The Balaban J connectivity index is 3.67. The molecule has 2 atom stereocenters. The number of carbonyl (C=O) groups is 1. The second-order valence-electron chi connectivity index (χ2n) is 7.13. The van der Waals surface area contributed by atoms with E-state index in [0.717, 1.165) is 11.3 Å². The fourth-order valence-corrected chi connectivity index (χ4v) is 3.59. The van der Waals surface area contributed by atoms with Gasteiger partial charge in [0.05, 0.1) is 19.1 Å². The van der Waals surface area contributed by atoms with E-state index < -0.39 is 10.8 Å². The van der Waals surface area contributed by atoms with Gasteiger partial charge in [0.1, 0.15) is 5.75 Å². The SMILES string of the molecule is CCOC(=O)C(C)(C(C)C)C(C)(c1ccccc1OC)C(C)C. The average molecular weight is 320 g/mol. The number of hydrogen-bond donors (Lipinski definition) is 0. The van der Waals surface area contributed by atoms with Gasteiger partial charge in [-0.2, -0.15) is 0 Å². The van der Waals surface area contributed by atoms with Crippen molar-refractivity contribution in [2.24, 2.45) is 17.3 Å². The van der Waals surface area contributed by atoms with E-state index >= 15 is 0 Å². The Morgan fingerprint density at radius 2 is 1.65 bits per heavy atom. The largest absolute Gasteiger partial charge is 0.496 e. The Morgan fingerprint density at radius 3 is 2.09 bits per heavy atom. The third kappa shape index (κ3) is 3.11. The lowest BCUT2D eigenvalue weighted by atomic mass is 9.52. The quantitative estimate of drug-likeness (QED) is 0.675. The van der Waals surface area contributed by atoms with Gasteiger partial charge in [0.15, 0.2) is 0 Å². The summed E-state index contributed by atoms with van der Waals surface area (Å²) in [6.07, 6.45) is 0. The molecule has 1 rings (SSSR count). The molecule has 1 aromatic carbocycles. The zero-order valence-electron chi connectivity index (χ0n) is 15.9. The Labute approximate surface area is 141 Å². The van der Waals surface area contributed by atoms with E-state index in [2.05, 4.69) is 40.7 Å². The molecule has 0 spiro atoms. The van der Waals surface area contributed by atoms with E-state index in [1.807, 2.05) is 32.0 Å². The molecule has 23 heavy (non-hydrogen) atoms. The number of ether oxygens (including phenoxy) is 2. The van der Waals surface area contributed by atoms with Crippen LogP contribution in [0.3, 0.4) is 0 Å². The molecule has 0 radical (unpaired) electrons. The molecule has 0 aliphatic rings. The fraction of sp³-hybridized carbons (Fsp3) is 0.650. The van der Waals surface area contributed by atoms with Crippen LogP contribution in [0.4, 0.5) is 0 Å². The lowest BCUT2D eigenvalue weighted by molar-refractivity contribution is -0.164. The molecule has 0 aromatic heterocycles. The smallest absolute Gasteiger partial charge is 0.312 e. The summed E-state index contributed by atoms with van der Waals surface area (Å²) in [6.45, 7) is 14.9. The summed E-state index contributed by atoms with van der Waals surface area (Å²) >= 11 is 0. The second-order valence-corrected chi connectivity index (χ2v) is 7.13. The molecule has 2 unspecified atom stereocenters. The standard InChI is InChI=1S/C20H32O3/c1-9-23-18(21)20(7,15(4)5)19(6,14(2)3)16-12-10-11-13-17(16)22-8/h10-15H,9H2,1-8H3. The van der Waals surface area contributed by atoms with Crippen LogP contribution in [0.2, 0.25) is 0 Å². The first-order chi connectivity index (χ1) is 10.7. The van der Waals surface area contributed by atoms with Crippen molar-refractivity contribution in [2.45, 2.75) is 53.9 Å². The summed E-state index contributed by atoms with van der Waals surface area (Å²) in [5.74, 6) is 1.03. The molecule has 0 amide bonds. The molecule has 0 saturated carbocycles. The molecule has 1 aromatic rings. The molecule has 0 saturated heterocycles. The molecule has 0 heterocycles. The van der Waals surface area contributed by atoms with Crippen molar-refractivity contribution in [3.8, 4) is 5.75 Å². The van der Waals surface area contributed by atoms with Gasteiger partial charge in [-0.15, -0.1) is 0 Å². The predicted octanol–water partition coefficient (Wildman–Crippen LogP) is 4.83. The molecule has 0 N–H and O–H groups in total. The van der Waals surface area contributed by atoms with Crippen molar-refractivity contribution in [3.05, 3.63) is 29.8 Å². The average Bonchev–Trinajstić information content (AvgIpc) is 2.52. The third-order valence-corrected chi connectivity index (χ3v) is 5.75. The first kappa shape index (κ1) is 19.5. The van der Waals surface area contributed by atoms with Crippen LogP contribution in [0.5, 0.6) is 5.75 Å². The van der Waals surface area contributed by atoms with Crippen molar-refractivity contribution < 1.29 is 14.3 Å². The van der Waals surface area contributed by atoms with Gasteiger partial charge in [0, 0.05) is 11.0 Å². The fourth-order valence-electron chi connectivity index (χ4n) is 3.59. The van der Waals surface area contributed by atoms with Crippen molar-refractivity contribution in [1.29, 1.82) is 0 Å². The minimum atomic E-state index is -0.661. The molecule has 3 nitrogen and oxygen atoms in total. The molecule has 0 bridgehead atoms. The van der Waals surface area contributed by atoms with E-state index in [1.165, 1.54) is 0 Å². The van der Waals surface area contributed by atoms with Crippen LogP contribution in [-0.2, 0) is 14.9 Å². The van der Waals surface area contributed by atoms with Crippen LogP contribution in [0.1, 0.15) is 54.0 Å². The zero-order valence-corrected chi connectivity index (χ0v) is 15.9. The van der Waals surface area contributed by atoms with Gasteiger partial charge >= 0.3 is 5.97 Å². The topological polar surface area (TPSA) is 35.5 Å². The van der Waals surface area contributed by atoms with Gasteiger partial charge in [0.25, 0.3) is 0 Å². The maximum atomic E-state index is 13.0. The number of rotatable bonds is 7. The maximum Gasteiger partial charge on any atom is 0.312 e. The summed E-state index contributed by atoms with van der Waals surface area (Å²) < 4.78 is 11.1. The zero-order chi connectivity index (χ0) is 17.8. The normalized spacial score (nSPS) is 16.8. The van der Waals surface area contributed by atoms with Gasteiger partial charge in [-0.1, -0.05) is 52.8 Å². The summed E-state index contributed by atoms with van der Waals surface area (Å²) in [6, 6.07) is 7.99. The van der Waals surface area contributed by atoms with Crippen LogP contribution in [0.25, 0.3) is 0 Å². The Bertz CT molecular complexity index is 535. The Morgan fingerprint density at radius 1 is 1.09 bits per heavy atom. The lowest BCUT2D eigenvalue weighted by Gasteiger charge is -2.50. The molecule has 130 valence electrons. The van der Waals surface area contributed by atoms with Crippen molar-refractivity contribution >= 4 is 5.97 Å². The molecule has 0 fully saturated rings. The molecule has 0 aliphatic carbocycles. The summed E-state index contributed by atoms with van der Waals surface area (Å²) in [5, 5.41) is 0. The summed E-state index contributed by atoms with van der Waals surface area (Å²) in [7, 11) is 1.68. The highest BCUT2D eigenvalue weighted by atomic mass is 16.5. The molecule has 3 heteroatoms. The summed E-state index contributed by atoms with van der Waals surface area (Å²) in [4.78, 5) is 13.0. The van der Waals surface area contributed by atoms with E-state index in [-0.39, 0.29) is 17.8 Å². The first-order valence-corrected chi connectivity index (χ1v) is 8.48. The van der Waals surface area contributed by atoms with E-state index in [9.17, 15) is 4.79 Å². The van der Waals surface area contributed by atoms with Gasteiger partial charge in [-0.3, -0.25) is 4.79 Å². The summed E-state index contributed by atoms with van der Waals surface area (Å²) in [5.41, 5.74) is -0.0204. The van der Waals surface area contributed by atoms with Crippen LogP contribution in [0.15, 0.2) is 24.3 Å². The second kappa shape index (κ2) is 7.37. The van der Waals surface area contributed by atoms with Crippen LogP contribution < -0.4 is 4.74 Å². The van der Waals surface area contributed by atoms with E-state index in [0.29, 0.717) is 6.61 Å². The molecule has 0 aliphatic heterocycles. The Hall–Kier alpha value is -1.51. The minimum Gasteiger partial charge on any atom is -0.496 e. The number of methoxy groups -OCH3 is 1.